The zero-order valence-electron chi connectivity index (χ0n) is 8.27. The molecule has 0 saturated carbocycles. The monoisotopic (exact) mass is 249 g/mol. The van der Waals surface area contributed by atoms with Crippen LogP contribution in [0.1, 0.15) is 5.56 Å². The van der Waals surface area contributed by atoms with E-state index in [4.69, 9.17) is 0 Å². The van der Waals surface area contributed by atoms with Gasteiger partial charge >= 0.3 is 0 Å². The Hall–Kier alpha value is -1.72. The lowest BCUT2D eigenvalue weighted by molar-refractivity contribution is 0.416. The molecule has 0 bridgehead atoms. The Bertz CT molecular complexity index is 624. The second-order valence-corrected chi connectivity index (χ2v) is 3.38. The lowest BCUT2D eigenvalue weighted by Gasteiger charge is -2.08. The molecule has 0 unspecified atom stereocenters. The van der Waals surface area contributed by atoms with Crippen LogP contribution in [-0.2, 0) is 0 Å². The minimum absolute atomic E-state index is 0.647. The standard InChI is InChI=1S/C11H3F6/c1-3-6-4(2-5(12)7(3)13)8(14)10(16)11(17)9(6)15/h1H3. The minimum atomic E-state index is -2.09. The average molecular weight is 249 g/mol. The topological polar surface area (TPSA) is 0 Å². The van der Waals surface area contributed by atoms with Gasteiger partial charge in [0.05, 0.1) is 0 Å². The molecule has 0 heterocycles. The Kier molecular flexibility index (Phi) is 2.52. The highest BCUT2D eigenvalue weighted by Crippen LogP contribution is 2.31. The maximum absolute atomic E-state index is 13.3. The van der Waals surface area contributed by atoms with E-state index < -0.39 is 51.2 Å². The maximum Gasteiger partial charge on any atom is 0.198 e. The minimum Gasteiger partial charge on any atom is -0.203 e. The van der Waals surface area contributed by atoms with Crippen LogP contribution < -0.4 is 0 Å². The van der Waals surface area contributed by atoms with Gasteiger partial charge in [-0.05, 0) is 12.5 Å². The van der Waals surface area contributed by atoms with Crippen LogP contribution in [0, 0.1) is 47.9 Å². The van der Waals surface area contributed by atoms with Crippen molar-refractivity contribution in [3.63, 3.8) is 0 Å². The van der Waals surface area contributed by atoms with Crippen LogP contribution in [0.4, 0.5) is 26.3 Å². The van der Waals surface area contributed by atoms with Gasteiger partial charge in [-0.25, -0.2) is 26.3 Å². The number of hydrogen-bond donors (Lipinski definition) is 0. The fourth-order valence-electron chi connectivity index (χ4n) is 1.54. The van der Waals surface area contributed by atoms with Gasteiger partial charge in [0.15, 0.2) is 34.9 Å². The van der Waals surface area contributed by atoms with Gasteiger partial charge in [0.1, 0.15) is 0 Å². The average Bonchev–Trinajstić information content (AvgIpc) is 2.30. The fourth-order valence-corrected chi connectivity index (χ4v) is 1.54. The first-order valence-corrected chi connectivity index (χ1v) is 4.38. The predicted octanol–water partition coefficient (Wildman–Crippen LogP) is 3.78. The van der Waals surface area contributed by atoms with E-state index in [1.165, 1.54) is 6.07 Å². The number of halogens is 6. The van der Waals surface area contributed by atoms with Gasteiger partial charge in [0.25, 0.3) is 0 Å². The van der Waals surface area contributed by atoms with Crippen LogP contribution in [0.3, 0.4) is 0 Å². The van der Waals surface area contributed by atoms with Crippen molar-refractivity contribution >= 4 is 10.8 Å². The predicted molar refractivity (Wildman–Crippen MR) is 47.3 cm³/mol. The van der Waals surface area contributed by atoms with Crippen molar-refractivity contribution < 1.29 is 26.3 Å². The zero-order chi connectivity index (χ0) is 12.9. The summed E-state index contributed by atoms with van der Waals surface area (Å²) in [5.74, 6) is -10.8. The highest BCUT2D eigenvalue weighted by atomic mass is 19.2. The Morgan fingerprint density at radius 2 is 1.24 bits per heavy atom. The molecular weight excluding hydrogens is 246 g/mol. The Morgan fingerprint density at radius 3 is 1.82 bits per heavy atom. The molecule has 0 N–H and O–H groups in total. The molecule has 0 aliphatic carbocycles. The first-order chi connectivity index (χ1) is 7.86. The summed E-state index contributed by atoms with van der Waals surface area (Å²) >= 11 is 0. The van der Waals surface area contributed by atoms with Gasteiger partial charge in [0.2, 0.25) is 0 Å². The zero-order valence-corrected chi connectivity index (χ0v) is 8.27. The second kappa shape index (κ2) is 3.65. The van der Waals surface area contributed by atoms with Gasteiger partial charge < -0.3 is 0 Å². The molecule has 0 nitrogen and oxygen atoms in total. The molecule has 2 aromatic rings. The summed E-state index contributed by atoms with van der Waals surface area (Å²) in [4.78, 5) is 0. The Labute approximate surface area is 91.5 Å². The molecule has 2 rings (SSSR count). The molecule has 2 aromatic carbocycles. The summed E-state index contributed by atoms with van der Waals surface area (Å²) in [5, 5.41) is -1.82. The van der Waals surface area contributed by atoms with Crippen LogP contribution >= 0.6 is 0 Å². The summed E-state index contributed by atoms with van der Waals surface area (Å²) in [7, 11) is 0. The van der Waals surface area contributed by atoms with E-state index in [9.17, 15) is 26.3 Å². The van der Waals surface area contributed by atoms with Crippen LogP contribution in [0.5, 0.6) is 0 Å². The first kappa shape index (κ1) is 11.8. The highest BCUT2D eigenvalue weighted by molar-refractivity contribution is 5.86. The molecule has 0 spiro atoms. The van der Waals surface area contributed by atoms with Crippen molar-refractivity contribution in [2.45, 2.75) is 6.92 Å². The first-order valence-electron chi connectivity index (χ1n) is 4.38. The van der Waals surface area contributed by atoms with E-state index in [1.54, 1.807) is 0 Å². The third-order valence-electron chi connectivity index (χ3n) is 2.40. The van der Waals surface area contributed by atoms with Gasteiger partial charge in [-0.2, -0.15) is 0 Å². The van der Waals surface area contributed by atoms with E-state index in [2.05, 4.69) is 0 Å². The molecule has 0 fully saturated rings. The van der Waals surface area contributed by atoms with E-state index in [0.717, 1.165) is 6.92 Å². The molecule has 0 amide bonds. The molecule has 0 aromatic heterocycles. The van der Waals surface area contributed by atoms with Gasteiger partial charge in [-0.15, -0.1) is 0 Å². The van der Waals surface area contributed by atoms with Crippen molar-refractivity contribution in [1.29, 1.82) is 0 Å². The quantitative estimate of drug-likeness (QED) is 0.378. The molecule has 0 aliphatic rings. The van der Waals surface area contributed by atoms with Crippen LogP contribution in [-0.4, -0.2) is 0 Å². The molecule has 1 radical (unpaired) electrons. The Balaban J connectivity index is 3.12. The Morgan fingerprint density at radius 1 is 0.706 bits per heavy atom. The summed E-state index contributed by atoms with van der Waals surface area (Å²) in [6, 6.07) is 1.51. The number of fused-ring (bicyclic) bond motifs is 1. The number of aryl methyl sites for hydroxylation is 1. The largest absolute Gasteiger partial charge is 0.203 e. The third kappa shape index (κ3) is 1.47. The van der Waals surface area contributed by atoms with Gasteiger partial charge in [-0.1, -0.05) is 0 Å². The van der Waals surface area contributed by atoms with Crippen LogP contribution in [0.25, 0.3) is 10.8 Å². The molecular formula is C11H3F6. The SMILES string of the molecule is Cc1c(F)c(F)[c]c2c(F)c(F)c(F)c(F)c12. The van der Waals surface area contributed by atoms with E-state index >= 15 is 0 Å². The number of hydrogen-bond acceptors (Lipinski definition) is 0. The lowest BCUT2D eigenvalue weighted by atomic mass is 10.0. The van der Waals surface area contributed by atoms with Crippen molar-refractivity contribution in [3.8, 4) is 0 Å². The highest BCUT2D eigenvalue weighted by Gasteiger charge is 2.24. The number of rotatable bonds is 0. The summed E-state index contributed by atoms with van der Waals surface area (Å²) in [6.07, 6.45) is 0. The van der Waals surface area contributed by atoms with E-state index in [-0.39, 0.29) is 0 Å². The summed E-state index contributed by atoms with van der Waals surface area (Å²) < 4.78 is 78.3. The maximum atomic E-state index is 13.3. The van der Waals surface area contributed by atoms with Crippen LogP contribution in [0.2, 0.25) is 0 Å². The summed E-state index contributed by atoms with van der Waals surface area (Å²) in [5.41, 5.74) is -0.647. The molecule has 17 heavy (non-hydrogen) atoms. The second-order valence-electron chi connectivity index (χ2n) is 3.38. The van der Waals surface area contributed by atoms with Crippen molar-refractivity contribution in [1.82, 2.24) is 0 Å². The normalized spacial score (nSPS) is 11.2. The molecule has 0 atom stereocenters. The van der Waals surface area contributed by atoms with Gasteiger partial charge in [0, 0.05) is 16.8 Å². The van der Waals surface area contributed by atoms with E-state index in [0.29, 0.717) is 0 Å². The smallest absolute Gasteiger partial charge is 0.198 e. The molecule has 0 saturated heterocycles. The van der Waals surface area contributed by atoms with Crippen molar-refractivity contribution in [2.24, 2.45) is 0 Å². The number of benzene rings is 2. The van der Waals surface area contributed by atoms with E-state index in [1.807, 2.05) is 0 Å². The fraction of sp³-hybridized carbons (Fsp3) is 0.0909. The van der Waals surface area contributed by atoms with Crippen LogP contribution in [0.15, 0.2) is 0 Å². The lowest BCUT2D eigenvalue weighted by Crippen LogP contribution is -2.02. The molecule has 6 heteroatoms. The molecule has 89 valence electrons. The van der Waals surface area contributed by atoms with Crippen molar-refractivity contribution in [3.05, 3.63) is 46.5 Å². The van der Waals surface area contributed by atoms with Gasteiger partial charge in [-0.3, -0.25) is 0 Å². The molecule has 0 aliphatic heterocycles. The summed E-state index contributed by atoms with van der Waals surface area (Å²) in [6.45, 7) is 0.925. The van der Waals surface area contributed by atoms with Crippen molar-refractivity contribution in [2.75, 3.05) is 0 Å². The third-order valence-corrected chi connectivity index (χ3v) is 2.40.